The molecule has 0 rings (SSSR count). The molecule has 4 nitrogen and oxygen atoms in total. The van der Waals surface area contributed by atoms with Gasteiger partial charge in [0.15, 0.2) is 16.6 Å². The van der Waals surface area contributed by atoms with Gasteiger partial charge in [-0.1, -0.05) is 41.5 Å². The fourth-order valence-electron chi connectivity index (χ4n) is 1.67. The summed E-state index contributed by atoms with van der Waals surface area (Å²) in [7, 11) is -3.27. The molecule has 0 heterocycles. The standard InChI is InChI=1S/C18H44N2O2Si2/c1-17(2,3)23(7,8)21-13-11-16(19)15-20-12-14-22-24(9,10)18(4,5)6/h16,20H,11-15,19H2,1-10H3. The van der Waals surface area contributed by atoms with E-state index in [1.54, 1.807) is 0 Å². The zero-order chi connectivity index (χ0) is 19.2. The number of nitrogens with one attached hydrogen (secondary N) is 1. The highest BCUT2D eigenvalue weighted by atomic mass is 28.4. The molecule has 0 bridgehead atoms. The Labute approximate surface area is 153 Å². The zero-order valence-corrected chi connectivity index (χ0v) is 20.0. The van der Waals surface area contributed by atoms with E-state index in [4.69, 9.17) is 14.6 Å². The van der Waals surface area contributed by atoms with E-state index in [-0.39, 0.29) is 16.1 Å². The molecule has 0 spiro atoms. The molecule has 0 aromatic rings. The first-order valence-electron chi connectivity index (χ1n) is 9.34. The highest BCUT2D eigenvalue weighted by Crippen LogP contribution is 2.37. The number of rotatable bonds is 10. The zero-order valence-electron chi connectivity index (χ0n) is 18.0. The second-order valence-corrected chi connectivity index (χ2v) is 19.6. The molecule has 0 aliphatic carbocycles. The first kappa shape index (κ1) is 24.3. The van der Waals surface area contributed by atoms with E-state index >= 15 is 0 Å². The summed E-state index contributed by atoms with van der Waals surface area (Å²) in [6.07, 6.45) is 0.905. The van der Waals surface area contributed by atoms with Gasteiger partial charge in [-0.3, -0.25) is 0 Å². The molecule has 1 atom stereocenters. The molecule has 0 radical (unpaired) electrons. The first-order valence-corrected chi connectivity index (χ1v) is 15.2. The molecule has 0 saturated carbocycles. The van der Waals surface area contributed by atoms with Gasteiger partial charge >= 0.3 is 0 Å². The van der Waals surface area contributed by atoms with Gasteiger partial charge < -0.3 is 19.9 Å². The maximum Gasteiger partial charge on any atom is 0.192 e. The van der Waals surface area contributed by atoms with Gasteiger partial charge in [0.1, 0.15) is 0 Å². The second kappa shape index (κ2) is 9.28. The summed E-state index contributed by atoms with van der Waals surface area (Å²) in [5, 5.41) is 3.94. The largest absolute Gasteiger partial charge is 0.417 e. The predicted molar refractivity (Wildman–Crippen MR) is 112 cm³/mol. The number of nitrogens with two attached hydrogens (primary N) is 1. The van der Waals surface area contributed by atoms with Crippen LogP contribution in [-0.4, -0.2) is 49.0 Å². The molecule has 0 aromatic heterocycles. The number of hydrogen-bond donors (Lipinski definition) is 2. The summed E-state index contributed by atoms with van der Waals surface area (Å²) in [5.74, 6) is 0. The van der Waals surface area contributed by atoms with Crippen molar-refractivity contribution in [3.63, 3.8) is 0 Å². The number of hydrogen-bond acceptors (Lipinski definition) is 4. The summed E-state index contributed by atoms with van der Waals surface area (Å²) in [6, 6.07) is 0.141. The lowest BCUT2D eigenvalue weighted by Gasteiger charge is -2.36. The summed E-state index contributed by atoms with van der Waals surface area (Å²) >= 11 is 0. The van der Waals surface area contributed by atoms with E-state index in [0.29, 0.717) is 0 Å². The molecule has 3 N–H and O–H groups in total. The van der Waals surface area contributed by atoms with Crippen molar-refractivity contribution in [2.75, 3.05) is 26.3 Å². The van der Waals surface area contributed by atoms with E-state index < -0.39 is 16.6 Å². The van der Waals surface area contributed by atoms with Gasteiger partial charge in [0.05, 0.1) is 0 Å². The lowest BCUT2D eigenvalue weighted by atomic mass is 10.2. The predicted octanol–water partition coefficient (Wildman–Crippen LogP) is 4.34. The molecule has 0 amide bonds. The fourth-order valence-corrected chi connectivity index (χ4v) is 3.77. The van der Waals surface area contributed by atoms with Crippen LogP contribution in [0.3, 0.4) is 0 Å². The smallest absolute Gasteiger partial charge is 0.192 e. The molecular weight excluding hydrogens is 332 g/mol. The highest BCUT2D eigenvalue weighted by molar-refractivity contribution is 6.74. The topological polar surface area (TPSA) is 56.5 Å². The maximum atomic E-state index is 6.19. The van der Waals surface area contributed by atoms with Gasteiger partial charge in [-0.15, -0.1) is 0 Å². The average molecular weight is 377 g/mol. The van der Waals surface area contributed by atoms with Crippen molar-refractivity contribution in [2.45, 2.75) is 90.3 Å². The Morgan fingerprint density at radius 2 is 1.25 bits per heavy atom. The van der Waals surface area contributed by atoms with Crippen molar-refractivity contribution in [1.29, 1.82) is 0 Å². The van der Waals surface area contributed by atoms with Crippen LogP contribution in [0.5, 0.6) is 0 Å². The minimum Gasteiger partial charge on any atom is -0.417 e. The van der Waals surface area contributed by atoms with Crippen LogP contribution < -0.4 is 11.1 Å². The van der Waals surface area contributed by atoms with Crippen LogP contribution in [0.4, 0.5) is 0 Å². The van der Waals surface area contributed by atoms with Crippen molar-refractivity contribution >= 4 is 16.6 Å². The van der Waals surface area contributed by atoms with Crippen LogP contribution >= 0.6 is 0 Å². The lowest BCUT2D eigenvalue weighted by Crippen LogP contribution is -2.44. The molecule has 24 heavy (non-hydrogen) atoms. The third-order valence-corrected chi connectivity index (χ3v) is 14.8. The maximum absolute atomic E-state index is 6.19. The molecule has 0 fully saturated rings. The van der Waals surface area contributed by atoms with Crippen LogP contribution in [0.25, 0.3) is 0 Å². The van der Waals surface area contributed by atoms with Gasteiger partial charge in [0.25, 0.3) is 0 Å². The molecule has 0 aromatic carbocycles. The summed E-state index contributed by atoms with van der Waals surface area (Å²) in [5.41, 5.74) is 6.19. The first-order chi connectivity index (χ1) is 10.6. The normalized spacial score (nSPS) is 15.6. The third kappa shape index (κ3) is 8.58. The fraction of sp³-hybridized carbons (Fsp3) is 1.00. The highest BCUT2D eigenvalue weighted by Gasteiger charge is 2.37. The van der Waals surface area contributed by atoms with Crippen molar-refractivity contribution in [3.05, 3.63) is 0 Å². The Kier molecular flexibility index (Phi) is 9.39. The molecular formula is C18H44N2O2Si2. The van der Waals surface area contributed by atoms with Crippen LogP contribution in [0.1, 0.15) is 48.0 Å². The van der Waals surface area contributed by atoms with Crippen LogP contribution in [0.2, 0.25) is 36.3 Å². The SMILES string of the molecule is CC(C)(C)[Si](C)(C)OCCNCC(N)CCO[Si](C)(C)C(C)(C)C. The Morgan fingerprint density at radius 1 is 0.833 bits per heavy atom. The van der Waals surface area contributed by atoms with Gasteiger partial charge in [-0.05, 0) is 42.7 Å². The Morgan fingerprint density at radius 3 is 1.67 bits per heavy atom. The van der Waals surface area contributed by atoms with Gasteiger partial charge in [-0.2, -0.15) is 0 Å². The molecule has 6 heteroatoms. The summed E-state index contributed by atoms with van der Waals surface area (Å²) in [6.45, 7) is 26.0. The van der Waals surface area contributed by atoms with Crippen molar-refractivity contribution in [3.8, 4) is 0 Å². The lowest BCUT2D eigenvalue weighted by molar-refractivity contribution is 0.264. The van der Waals surface area contributed by atoms with Crippen LogP contribution in [-0.2, 0) is 8.85 Å². The Balaban J connectivity index is 3.88. The third-order valence-electron chi connectivity index (χ3n) is 5.71. The Hall–Kier alpha value is 0.274. The van der Waals surface area contributed by atoms with E-state index in [2.05, 4.69) is 73.0 Å². The molecule has 0 aliphatic rings. The summed E-state index contributed by atoms with van der Waals surface area (Å²) in [4.78, 5) is 0. The monoisotopic (exact) mass is 376 g/mol. The molecule has 0 aliphatic heterocycles. The van der Waals surface area contributed by atoms with Crippen molar-refractivity contribution in [2.24, 2.45) is 5.73 Å². The molecule has 146 valence electrons. The van der Waals surface area contributed by atoms with Gasteiger partial charge in [0.2, 0.25) is 0 Å². The van der Waals surface area contributed by atoms with Gasteiger partial charge in [-0.25, -0.2) is 0 Å². The van der Waals surface area contributed by atoms with Crippen LogP contribution in [0, 0.1) is 0 Å². The van der Waals surface area contributed by atoms with E-state index in [9.17, 15) is 0 Å². The second-order valence-electron chi connectivity index (χ2n) is 9.97. The quantitative estimate of drug-likeness (QED) is 0.440. The minimum absolute atomic E-state index is 0.141. The summed E-state index contributed by atoms with van der Waals surface area (Å²) < 4.78 is 12.3. The minimum atomic E-state index is -1.65. The van der Waals surface area contributed by atoms with Crippen molar-refractivity contribution < 1.29 is 8.85 Å². The molecule has 0 saturated heterocycles. The van der Waals surface area contributed by atoms with E-state index in [1.807, 2.05) is 0 Å². The Bertz CT molecular complexity index is 361. The van der Waals surface area contributed by atoms with Gasteiger partial charge in [0, 0.05) is 32.3 Å². The van der Waals surface area contributed by atoms with E-state index in [0.717, 1.165) is 32.7 Å². The van der Waals surface area contributed by atoms with Crippen molar-refractivity contribution in [1.82, 2.24) is 5.32 Å². The molecule has 1 unspecified atom stereocenters. The average Bonchev–Trinajstić information content (AvgIpc) is 2.35. The van der Waals surface area contributed by atoms with Crippen LogP contribution in [0.15, 0.2) is 0 Å². The van der Waals surface area contributed by atoms with E-state index in [1.165, 1.54) is 0 Å².